The Morgan fingerprint density at radius 1 is 0.873 bits per heavy atom. The number of rotatable bonds is 27. The molecule has 0 radical (unpaired) electrons. The van der Waals surface area contributed by atoms with Crippen LogP contribution < -0.4 is 10.6 Å². The lowest BCUT2D eigenvalue weighted by Gasteiger charge is -2.41. The number of ether oxygens (including phenoxy) is 3. The van der Waals surface area contributed by atoms with Crippen LogP contribution in [-0.4, -0.2) is 170 Å². The van der Waals surface area contributed by atoms with Gasteiger partial charge in [0.2, 0.25) is 23.6 Å². The van der Waals surface area contributed by atoms with E-state index in [1.165, 1.54) is 12.0 Å². The number of benzene rings is 1. The Kier molecular flexibility index (Phi) is 23.2. The molecule has 0 saturated carbocycles. The molecule has 16 heteroatoms. The quantitative estimate of drug-likeness (QED) is 0.109. The summed E-state index contributed by atoms with van der Waals surface area (Å²) < 4.78 is 17.6. The molecule has 0 aliphatic carbocycles. The van der Waals surface area contributed by atoms with Crippen LogP contribution in [0, 0.1) is 23.7 Å². The van der Waals surface area contributed by atoms with Crippen LogP contribution in [0.1, 0.15) is 93.6 Å². The number of likely N-dealkylation sites (tertiary alicyclic amines) is 1. The Bertz CT molecular complexity index is 1610. The van der Waals surface area contributed by atoms with Gasteiger partial charge in [-0.25, -0.2) is 4.79 Å². The van der Waals surface area contributed by atoms with Gasteiger partial charge < -0.3 is 39.8 Å². The maximum absolute atomic E-state index is 14.4. The van der Waals surface area contributed by atoms with E-state index in [2.05, 4.69) is 10.6 Å². The summed E-state index contributed by atoms with van der Waals surface area (Å²) in [7, 11) is 8.29. The van der Waals surface area contributed by atoms with Crippen LogP contribution in [0.4, 0.5) is 0 Å². The molecule has 0 spiro atoms. The van der Waals surface area contributed by atoms with Gasteiger partial charge in [0.15, 0.2) is 0 Å². The first-order valence-corrected chi connectivity index (χ1v) is 22.7. The largest absolute Gasteiger partial charge is 0.480 e. The topological polar surface area (TPSA) is 187 Å². The van der Waals surface area contributed by atoms with Crippen LogP contribution in [0.3, 0.4) is 0 Å². The summed E-state index contributed by atoms with van der Waals surface area (Å²) in [5.74, 6) is -3.82. The molecule has 1 heterocycles. The summed E-state index contributed by atoms with van der Waals surface area (Å²) in [5.41, 5.74) is 0.806. The highest BCUT2D eigenvalue weighted by Crippen LogP contribution is 2.30. The van der Waals surface area contributed by atoms with Crippen molar-refractivity contribution >= 4 is 35.6 Å². The summed E-state index contributed by atoms with van der Waals surface area (Å²) in [6.07, 6.45) is 0.714. The molecule has 1 aliphatic rings. The van der Waals surface area contributed by atoms with Crippen LogP contribution in [0.15, 0.2) is 30.3 Å². The van der Waals surface area contributed by atoms with Crippen LogP contribution in [0.5, 0.6) is 0 Å². The van der Waals surface area contributed by atoms with Gasteiger partial charge in [-0.3, -0.25) is 33.8 Å². The number of carbonyl (C=O) groups is 6. The predicted octanol–water partition coefficient (Wildman–Crippen LogP) is 3.70. The Morgan fingerprint density at radius 2 is 1.51 bits per heavy atom. The van der Waals surface area contributed by atoms with Gasteiger partial charge in [-0.05, 0) is 64.1 Å². The number of aliphatic carboxylic acids is 1. The molecule has 63 heavy (non-hydrogen) atoms. The molecule has 1 aromatic rings. The Labute approximate surface area is 377 Å². The Morgan fingerprint density at radius 3 is 2.03 bits per heavy atom. The van der Waals surface area contributed by atoms with Gasteiger partial charge in [0.25, 0.3) is 0 Å². The number of hydrogen-bond acceptors (Lipinski definition) is 11. The van der Waals surface area contributed by atoms with Crippen molar-refractivity contribution < 1.29 is 48.1 Å². The van der Waals surface area contributed by atoms with Crippen molar-refractivity contribution in [1.82, 2.24) is 30.2 Å². The maximum Gasteiger partial charge on any atom is 0.329 e. The van der Waals surface area contributed by atoms with E-state index in [4.69, 9.17) is 19.3 Å². The summed E-state index contributed by atoms with van der Waals surface area (Å²) >= 11 is 0. The fourth-order valence-electron chi connectivity index (χ4n) is 8.62. The summed E-state index contributed by atoms with van der Waals surface area (Å²) in [6, 6.07) is 6.11. The van der Waals surface area contributed by atoms with Crippen molar-refractivity contribution in [3.63, 3.8) is 0 Å². The first-order valence-electron chi connectivity index (χ1n) is 22.7. The predicted molar refractivity (Wildman–Crippen MR) is 243 cm³/mol. The second-order valence-corrected chi connectivity index (χ2v) is 18.3. The van der Waals surface area contributed by atoms with Gasteiger partial charge in [0.1, 0.15) is 18.7 Å². The molecule has 0 bridgehead atoms. The molecule has 1 aromatic carbocycles. The molecule has 1 saturated heterocycles. The van der Waals surface area contributed by atoms with E-state index in [1.54, 1.807) is 37.9 Å². The number of hydrogen-bond donors (Lipinski definition) is 3. The highest BCUT2D eigenvalue weighted by Gasteiger charge is 2.44. The minimum Gasteiger partial charge on any atom is -0.480 e. The smallest absolute Gasteiger partial charge is 0.329 e. The minimum atomic E-state index is -1.03. The molecular weight excluding hydrogens is 809 g/mol. The highest BCUT2D eigenvalue weighted by molar-refractivity contribution is 5.90. The summed E-state index contributed by atoms with van der Waals surface area (Å²) in [4.78, 5) is 88.0. The molecule has 358 valence electrons. The van der Waals surface area contributed by atoms with Crippen LogP contribution >= 0.6 is 0 Å². The molecule has 2 rings (SSSR count). The fourth-order valence-corrected chi connectivity index (χ4v) is 8.62. The zero-order valence-electron chi connectivity index (χ0n) is 40.6. The lowest BCUT2D eigenvalue weighted by Crippen LogP contribution is -2.60. The van der Waals surface area contributed by atoms with Crippen LogP contribution in [0.25, 0.3) is 0 Å². The molecule has 8 unspecified atom stereocenters. The number of methoxy groups -OCH3 is 2. The van der Waals surface area contributed by atoms with Crippen molar-refractivity contribution in [3.8, 4) is 0 Å². The summed E-state index contributed by atoms with van der Waals surface area (Å²) in [5, 5.41) is 15.0. The van der Waals surface area contributed by atoms with Crippen molar-refractivity contribution in [2.45, 2.75) is 143 Å². The average molecular weight is 889 g/mol. The highest BCUT2D eigenvalue weighted by atomic mass is 16.5. The Balaban J connectivity index is 2.30. The third-order valence-electron chi connectivity index (χ3n) is 12.6. The lowest BCUT2D eigenvalue weighted by molar-refractivity contribution is -0.150. The van der Waals surface area contributed by atoms with Crippen LogP contribution in [-0.2, 0) is 49.4 Å². The van der Waals surface area contributed by atoms with E-state index < -0.39 is 66.2 Å². The van der Waals surface area contributed by atoms with Crippen molar-refractivity contribution in [1.29, 1.82) is 0 Å². The Hall–Kier alpha value is -4.12. The van der Waals surface area contributed by atoms with E-state index in [9.17, 15) is 28.8 Å². The van der Waals surface area contributed by atoms with Gasteiger partial charge in [-0.2, -0.15) is 0 Å². The third-order valence-corrected chi connectivity index (χ3v) is 12.6. The number of nitrogens with zero attached hydrogens (tertiary/aromatic N) is 4. The van der Waals surface area contributed by atoms with E-state index in [-0.39, 0.29) is 74.1 Å². The molecule has 1 fully saturated rings. The second kappa shape index (κ2) is 26.6. The second-order valence-electron chi connectivity index (χ2n) is 18.3. The molecule has 1 aliphatic heterocycles. The van der Waals surface area contributed by atoms with E-state index in [0.717, 1.165) is 5.56 Å². The average Bonchev–Trinajstić information content (AvgIpc) is 3.71. The number of esters is 1. The van der Waals surface area contributed by atoms with E-state index in [0.29, 0.717) is 25.8 Å². The molecule has 0 aromatic heterocycles. The molecule has 4 amide bonds. The molecule has 9 atom stereocenters. The maximum atomic E-state index is 14.4. The number of carboxylic acids is 1. The number of likely N-dealkylation sites (N-methyl/N-ethyl adjacent to an activating group) is 3. The van der Waals surface area contributed by atoms with Crippen molar-refractivity contribution in [2.75, 3.05) is 61.6 Å². The lowest BCUT2D eigenvalue weighted by atomic mass is 9.89. The normalized spacial score (nSPS) is 18.1. The van der Waals surface area contributed by atoms with Gasteiger partial charge in [0, 0.05) is 46.8 Å². The number of carbonyl (C=O) groups excluding carboxylic acids is 5. The SMILES string of the molecule is CCC(C)C(C(CC(=O)N1CCCC1C(OC)C(C)C(=O)NC(Cc1ccccc1)C(=O)OCCN(C)CC(=O)O)OC)N(C)C(=O)[C@@H](NC(=O)C(C(C)C)N(C)C(C)C)C(C)C. The van der Waals surface area contributed by atoms with Crippen molar-refractivity contribution in [2.24, 2.45) is 23.7 Å². The zero-order valence-corrected chi connectivity index (χ0v) is 40.6. The van der Waals surface area contributed by atoms with Crippen molar-refractivity contribution in [3.05, 3.63) is 35.9 Å². The van der Waals surface area contributed by atoms with E-state index in [1.807, 2.05) is 97.7 Å². The van der Waals surface area contributed by atoms with Gasteiger partial charge in [0.05, 0.1) is 49.2 Å². The first kappa shape index (κ1) is 55.0. The zero-order chi connectivity index (χ0) is 47.7. The van der Waals surface area contributed by atoms with E-state index >= 15 is 0 Å². The molecule has 16 nitrogen and oxygen atoms in total. The summed E-state index contributed by atoms with van der Waals surface area (Å²) in [6.45, 7) is 18.0. The van der Waals surface area contributed by atoms with Crippen LogP contribution in [0.2, 0.25) is 0 Å². The first-order chi connectivity index (χ1) is 29.6. The third kappa shape index (κ3) is 16.1. The standard InChI is InChI=1S/C47H80N6O10/c1-15-32(8)42(52(12)46(59)40(29(2)3)49-45(58)41(30(4)5)51(11)31(6)7)37(61-13)27-38(54)53-23-19-22-36(53)43(62-14)33(9)44(57)48-35(26-34-20-17-16-18-21-34)47(60)63-25-24-50(10)28-39(55)56/h16-18,20-21,29-33,35-37,40-43H,15,19,22-28H2,1-14H3,(H,48,57)(H,49,58)(H,55,56)/t32?,33?,35?,36?,37?,40-,41?,42?,43?/m0/s1. The molecular formula is C47H80N6O10. The number of carboxylic acid groups (broad SMARTS) is 1. The van der Waals surface area contributed by atoms with Gasteiger partial charge in [-0.15, -0.1) is 0 Å². The number of nitrogens with one attached hydrogen (secondary N) is 2. The van der Waals surface area contributed by atoms with Gasteiger partial charge >= 0.3 is 11.9 Å². The monoisotopic (exact) mass is 889 g/mol. The minimum absolute atomic E-state index is 0.0107. The van der Waals surface area contributed by atoms with Gasteiger partial charge in [-0.1, -0.05) is 85.2 Å². The molecule has 3 N–H and O–H groups in total. The fraction of sp³-hybridized carbons (Fsp3) is 0.745. The number of amides is 4.